The number of nitrogens with zero attached hydrogens (tertiary/aromatic N) is 2. The van der Waals surface area contributed by atoms with E-state index in [0.29, 0.717) is 12.3 Å². The Morgan fingerprint density at radius 2 is 1.88 bits per heavy atom. The fourth-order valence-electron chi connectivity index (χ4n) is 3.65. The van der Waals surface area contributed by atoms with Crippen molar-refractivity contribution in [3.8, 4) is 0 Å². The lowest BCUT2D eigenvalue weighted by Crippen LogP contribution is -2.28. The molecule has 0 fully saturated rings. The van der Waals surface area contributed by atoms with Crippen LogP contribution < -0.4 is 4.90 Å². The zero-order chi connectivity index (χ0) is 17.0. The summed E-state index contributed by atoms with van der Waals surface area (Å²) in [5, 5.41) is 1.83. The number of aromatic nitrogens is 1. The largest absolute Gasteiger partial charge is 0.450 e. The van der Waals surface area contributed by atoms with Crippen molar-refractivity contribution in [3.05, 3.63) is 71.6 Å². The number of benzene rings is 2. The number of carbonyl (C=O) groups excluding carboxylic acids is 1. The van der Waals surface area contributed by atoms with Gasteiger partial charge in [0.25, 0.3) is 5.91 Å². The van der Waals surface area contributed by atoms with Gasteiger partial charge in [-0.2, -0.15) is 0 Å². The molecule has 1 aliphatic heterocycles. The first-order valence-electron chi connectivity index (χ1n) is 8.41. The van der Waals surface area contributed by atoms with Gasteiger partial charge >= 0.3 is 0 Å². The number of rotatable bonds is 1. The van der Waals surface area contributed by atoms with E-state index in [0.717, 1.165) is 39.7 Å². The minimum absolute atomic E-state index is 0.0929. The van der Waals surface area contributed by atoms with Gasteiger partial charge in [-0.15, -0.1) is 0 Å². The van der Waals surface area contributed by atoms with E-state index in [1.54, 1.807) is 4.90 Å². The standard InChI is InChI=1S/C21H16N2O2/c1-13-16-12-19(25-20(16)15-7-3-4-8-17(15)22-13)21(24)23-11-10-14-6-2-5-9-18(14)23/h2-9,12H,10-11H2,1H3. The summed E-state index contributed by atoms with van der Waals surface area (Å²) in [5.74, 6) is 0.276. The van der Waals surface area contributed by atoms with Crippen LogP contribution in [0.25, 0.3) is 21.9 Å². The van der Waals surface area contributed by atoms with Gasteiger partial charge in [0.05, 0.1) is 5.52 Å². The van der Waals surface area contributed by atoms with E-state index >= 15 is 0 Å². The van der Waals surface area contributed by atoms with E-state index in [9.17, 15) is 4.79 Å². The fourth-order valence-corrected chi connectivity index (χ4v) is 3.65. The van der Waals surface area contributed by atoms with Crippen molar-refractivity contribution in [1.29, 1.82) is 0 Å². The predicted octanol–water partition coefficient (Wildman–Crippen LogP) is 4.49. The lowest BCUT2D eigenvalue weighted by Gasteiger charge is -2.15. The van der Waals surface area contributed by atoms with Crippen LogP contribution in [0.5, 0.6) is 0 Å². The van der Waals surface area contributed by atoms with Crippen molar-refractivity contribution in [3.63, 3.8) is 0 Å². The molecule has 25 heavy (non-hydrogen) atoms. The predicted molar refractivity (Wildman–Crippen MR) is 98.1 cm³/mol. The Labute approximate surface area is 144 Å². The summed E-state index contributed by atoms with van der Waals surface area (Å²) in [6.07, 6.45) is 0.881. The molecule has 0 bridgehead atoms. The van der Waals surface area contributed by atoms with Crippen LogP contribution in [0, 0.1) is 6.92 Å². The topological polar surface area (TPSA) is 46.3 Å². The Kier molecular flexibility index (Phi) is 2.95. The molecule has 2 aromatic heterocycles. The molecular formula is C21H16N2O2. The molecule has 0 aliphatic carbocycles. The molecule has 4 nitrogen and oxygen atoms in total. The quantitative estimate of drug-likeness (QED) is 0.517. The smallest absolute Gasteiger partial charge is 0.294 e. The maximum atomic E-state index is 13.0. The summed E-state index contributed by atoms with van der Waals surface area (Å²) in [4.78, 5) is 19.5. The molecule has 122 valence electrons. The van der Waals surface area contributed by atoms with Crippen LogP contribution in [-0.2, 0) is 6.42 Å². The van der Waals surface area contributed by atoms with E-state index in [4.69, 9.17) is 4.42 Å². The molecule has 1 aliphatic rings. The number of fused-ring (bicyclic) bond motifs is 4. The summed E-state index contributed by atoms with van der Waals surface area (Å²) < 4.78 is 6.02. The van der Waals surface area contributed by atoms with Gasteiger partial charge in [-0.1, -0.05) is 30.3 Å². The van der Waals surface area contributed by atoms with Crippen molar-refractivity contribution in [2.24, 2.45) is 0 Å². The summed E-state index contributed by atoms with van der Waals surface area (Å²) >= 11 is 0. The Hall–Kier alpha value is -3.14. The third kappa shape index (κ3) is 2.07. The van der Waals surface area contributed by atoms with Crippen LogP contribution in [0.15, 0.2) is 59.0 Å². The maximum Gasteiger partial charge on any atom is 0.294 e. The van der Waals surface area contributed by atoms with Gasteiger partial charge in [-0.05, 0) is 43.2 Å². The first-order chi connectivity index (χ1) is 12.2. The van der Waals surface area contributed by atoms with E-state index < -0.39 is 0 Å². The monoisotopic (exact) mass is 328 g/mol. The summed E-state index contributed by atoms with van der Waals surface area (Å²) in [5.41, 5.74) is 4.67. The van der Waals surface area contributed by atoms with Gasteiger partial charge in [-0.3, -0.25) is 9.78 Å². The zero-order valence-corrected chi connectivity index (χ0v) is 13.8. The number of hydrogen-bond donors (Lipinski definition) is 0. The Bertz CT molecular complexity index is 1140. The van der Waals surface area contributed by atoms with Crippen LogP contribution in [0.1, 0.15) is 21.8 Å². The van der Waals surface area contributed by atoms with Crippen molar-refractivity contribution in [1.82, 2.24) is 4.98 Å². The van der Waals surface area contributed by atoms with E-state index in [2.05, 4.69) is 11.1 Å². The van der Waals surface area contributed by atoms with E-state index in [-0.39, 0.29) is 5.91 Å². The highest BCUT2D eigenvalue weighted by Crippen LogP contribution is 2.32. The molecule has 0 unspecified atom stereocenters. The molecule has 2 aromatic carbocycles. The van der Waals surface area contributed by atoms with Crippen molar-refractivity contribution in [2.75, 3.05) is 11.4 Å². The summed E-state index contributed by atoms with van der Waals surface area (Å²) in [6, 6.07) is 17.7. The van der Waals surface area contributed by atoms with Crippen LogP contribution in [-0.4, -0.2) is 17.4 Å². The highest BCUT2D eigenvalue weighted by Gasteiger charge is 2.28. The second-order valence-corrected chi connectivity index (χ2v) is 6.40. The minimum Gasteiger partial charge on any atom is -0.450 e. The molecule has 4 heteroatoms. The number of amides is 1. The molecule has 5 rings (SSSR count). The first kappa shape index (κ1) is 14.2. The van der Waals surface area contributed by atoms with Crippen LogP contribution in [0.4, 0.5) is 5.69 Å². The lowest BCUT2D eigenvalue weighted by atomic mass is 10.1. The molecule has 0 saturated heterocycles. The number of pyridine rings is 1. The second-order valence-electron chi connectivity index (χ2n) is 6.40. The van der Waals surface area contributed by atoms with Gasteiger partial charge in [0.15, 0.2) is 5.76 Å². The first-order valence-corrected chi connectivity index (χ1v) is 8.41. The molecule has 0 N–H and O–H groups in total. The van der Waals surface area contributed by atoms with Crippen LogP contribution in [0.2, 0.25) is 0 Å². The molecule has 3 heterocycles. The third-order valence-electron chi connectivity index (χ3n) is 4.90. The molecule has 0 saturated carbocycles. The molecule has 4 aromatic rings. The lowest BCUT2D eigenvalue weighted by molar-refractivity contribution is 0.0965. The maximum absolute atomic E-state index is 13.0. The normalized spacial score (nSPS) is 13.6. The molecule has 1 amide bonds. The van der Waals surface area contributed by atoms with Crippen LogP contribution >= 0.6 is 0 Å². The minimum atomic E-state index is -0.0929. The van der Waals surface area contributed by atoms with Crippen molar-refractivity contribution >= 4 is 33.5 Å². The Balaban J connectivity index is 1.65. The number of furan rings is 1. The number of hydrogen-bond acceptors (Lipinski definition) is 3. The van der Waals surface area contributed by atoms with Crippen molar-refractivity contribution in [2.45, 2.75) is 13.3 Å². The second kappa shape index (κ2) is 5.18. The van der Waals surface area contributed by atoms with Crippen LogP contribution in [0.3, 0.4) is 0 Å². The Morgan fingerprint density at radius 3 is 2.80 bits per heavy atom. The number of aryl methyl sites for hydroxylation is 1. The van der Waals surface area contributed by atoms with Gasteiger partial charge in [0.1, 0.15) is 5.58 Å². The molecule has 0 radical (unpaired) electrons. The third-order valence-corrected chi connectivity index (χ3v) is 4.90. The average molecular weight is 328 g/mol. The number of anilines is 1. The van der Waals surface area contributed by atoms with Gasteiger partial charge < -0.3 is 9.32 Å². The number of carbonyl (C=O) groups is 1. The van der Waals surface area contributed by atoms with E-state index in [1.165, 1.54) is 5.56 Å². The summed E-state index contributed by atoms with van der Waals surface area (Å²) in [6.45, 7) is 2.64. The van der Waals surface area contributed by atoms with E-state index in [1.807, 2.05) is 55.5 Å². The van der Waals surface area contributed by atoms with Crippen molar-refractivity contribution < 1.29 is 9.21 Å². The van der Waals surface area contributed by atoms with Gasteiger partial charge in [-0.25, -0.2) is 0 Å². The summed E-state index contributed by atoms with van der Waals surface area (Å²) in [7, 11) is 0. The molecule has 0 spiro atoms. The average Bonchev–Trinajstić information content (AvgIpc) is 3.26. The Morgan fingerprint density at radius 1 is 1.08 bits per heavy atom. The highest BCUT2D eigenvalue weighted by atomic mass is 16.3. The SMILES string of the molecule is Cc1nc2ccccc2c2oc(C(=O)N3CCc4ccccc43)cc12. The van der Waals surface area contributed by atoms with Gasteiger partial charge in [0, 0.05) is 28.7 Å². The highest BCUT2D eigenvalue weighted by molar-refractivity contribution is 6.10. The fraction of sp³-hybridized carbons (Fsp3) is 0.143. The zero-order valence-electron chi connectivity index (χ0n) is 13.8. The van der Waals surface area contributed by atoms with Gasteiger partial charge in [0.2, 0.25) is 0 Å². The molecule has 0 atom stereocenters. The number of para-hydroxylation sites is 2. The molecular weight excluding hydrogens is 312 g/mol.